The molecule has 0 spiro atoms. The SMILES string of the molecule is CCCNC(C)C1CCN(CCS(=O)(=O)C(C)(C)C)CC1. The topological polar surface area (TPSA) is 49.4 Å². The van der Waals surface area contributed by atoms with Gasteiger partial charge >= 0.3 is 0 Å². The van der Waals surface area contributed by atoms with E-state index in [0.29, 0.717) is 12.6 Å². The second kappa shape index (κ2) is 7.93. The minimum Gasteiger partial charge on any atom is -0.314 e. The summed E-state index contributed by atoms with van der Waals surface area (Å²) in [5, 5.41) is 3.58. The Morgan fingerprint density at radius 2 is 1.81 bits per heavy atom. The van der Waals surface area contributed by atoms with Crippen LogP contribution in [0.15, 0.2) is 0 Å². The maximum absolute atomic E-state index is 12.1. The highest BCUT2D eigenvalue weighted by Crippen LogP contribution is 2.22. The van der Waals surface area contributed by atoms with E-state index in [-0.39, 0.29) is 5.75 Å². The molecule has 126 valence electrons. The van der Waals surface area contributed by atoms with Crippen LogP contribution < -0.4 is 5.32 Å². The van der Waals surface area contributed by atoms with Crippen LogP contribution in [0.25, 0.3) is 0 Å². The van der Waals surface area contributed by atoms with Gasteiger partial charge in [0.05, 0.1) is 10.5 Å². The van der Waals surface area contributed by atoms with E-state index in [9.17, 15) is 8.42 Å². The lowest BCUT2D eigenvalue weighted by molar-refractivity contribution is 0.169. The Labute approximate surface area is 131 Å². The zero-order chi connectivity index (χ0) is 16.1. The monoisotopic (exact) mass is 318 g/mol. The van der Waals surface area contributed by atoms with Gasteiger partial charge in [0.2, 0.25) is 0 Å². The molecule has 21 heavy (non-hydrogen) atoms. The molecule has 1 heterocycles. The molecule has 1 aliphatic heterocycles. The van der Waals surface area contributed by atoms with E-state index in [4.69, 9.17) is 0 Å². The maximum Gasteiger partial charge on any atom is 0.156 e. The number of hydrogen-bond donors (Lipinski definition) is 1. The van der Waals surface area contributed by atoms with Crippen molar-refractivity contribution in [2.24, 2.45) is 5.92 Å². The molecule has 0 aromatic rings. The minimum absolute atomic E-state index is 0.283. The first-order chi connectivity index (χ1) is 9.67. The lowest BCUT2D eigenvalue weighted by Gasteiger charge is -2.35. The largest absolute Gasteiger partial charge is 0.314 e. The third-order valence-electron chi connectivity index (χ3n) is 4.66. The fraction of sp³-hybridized carbons (Fsp3) is 1.00. The van der Waals surface area contributed by atoms with E-state index in [1.54, 1.807) is 20.8 Å². The van der Waals surface area contributed by atoms with Crippen molar-refractivity contribution >= 4 is 9.84 Å². The van der Waals surface area contributed by atoms with E-state index < -0.39 is 14.6 Å². The van der Waals surface area contributed by atoms with Crippen LogP contribution in [0, 0.1) is 5.92 Å². The van der Waals surface area contributed by atoms with Gasteiger partial charge in [0.25, 0.3) is 0 Å². The van der Waals surface area contributed by atoms with Gasteiger partial charge in [-0.25, -0.2) is 8.42 Å². The summed E-state index contributed by atoms with van der Waals surface area (Å²) in [6, 6.07) is 0.574. The van der Waals surface area contributed by atoms with E-state index in [1.807, 2.05) is 0 Å². The Kier molecular flexibility index (Phi) is 7.14. The number of piperidine rings is 1. The van der Waals surface area contributed by atoms with Crippen molar-refractivity contribution in [3.05, 3.63) is 0 Å². The third-order valence-corrected chi connectivity index (χ3v) is 7.25. The highest BCUT2D eigenvalue weighted by atomic mass is 32.2. The summed E-state index contributed by atoms with van der Waals surface area (Å²) in [7, 11) is -2.99. The summed E-state index contributed by atoms with van der Waals surface area (Å²) in [5.41, 5.74) is 0. The van der Waals surface area contributed by atoms with Crippen LogP contribution in [-0.4, -0.2) is 56.0 Å². The van der Waals surface area contributed by atoms with Crippen LogP contribution in [0.4, 0.5) is 0 Å². The average Bonchev–Trinajstić information content (AvgIpc) is 2.42. The zero-order valence-corrected chi connectivity index (χ0v) is 15.3. The quantitative estimate of drug-likeness (QED) is 0.782. The van der Waals surface area contributed by atoms with Gasteiger partial charge in [0.15, 0.2) is 9.84 Å². The Hall–Kier alpha value is -0.130. The van der Waals surface area contributed by atoms with Gasteiger partial charge in [-0.2, -0.15) is 0 Å². The third kappa shape index (κ3) is 5.87. The number of likely N-dealkylation sites (tertiary alicyclic amines) is 1. The molecule has 0 aromatic carbocycles. The van der Waals surface area contributed by atoms with Crippen molar-refractivity contribution in [3.63, 3.8) is 0 Å². The fourth-order valence-corrected chi connectivity index (χ4v) is 3.88. The molecule has 0 saturated carbocycles. The molecular weight excluding hydrogens is 284 g/mol. The lowest BCUT2D eigenvalue weighted by Crippen LogP contribution is -2.44. The van der Waals surface area contributed by atoms with Gasteiger partial charge in [0.1, 0.15) is 0 Å². The molecule has 5 heteroatoms. The van der Waals surface area contributed by atoms with Crippen molar-refractivity contribution in [1.82, 2.24) is 10.2 Å². The summed E-state index contributed by atoms with van der Waals surface area (Å²) in [6.45, 7) is 13.7. The summed E-state index contributed by atoms with van der Waals surface area (Å²) in [5.74, 6) is 1.01. The predicted octanol–water partition coefficient (Wildman–Crippen LogP) is 2.30. The van der Waals surface area contributed by atoms with Gasteiger partial charge in [-0.15, -0.1) is 0 Å². The molecule has 1 atom stereocenters. The van der Waals surface area contributed by atoms with Gasteiger partial charge in [-0.05, 0) is 72.5 Å². The first kappa shape index (κ1) is 18.9. The molecule has 4 nitrogen and oxygen atoms in total. The maximum atomic E-state index is 12.1. The highest BCUT2D eigenvalue weighted by molar-refractivity contribution is 7.92. The standard InChI is InChI=1S/C16H34N2O2S/c1-6-9-17-14(2)15-7-10-18(11-8-15)12-13-21(19,20)16(3,4)5/h14-15,17H,6-13H2,1-5H3. The van der Waals surface area contributed by atoms with Crippen LogP contribution in [0.1, 0.15) is 53.9 Å². The van der Waals surface area contributed by atoms with E-state index in [0.717, 1.165) is 25.6 Å². The van der Waals surface area contributed by atoms with Crippen LogP contribution in [-0.2, 0) is 9.84 Å². The summed E-state index contributed by atoms with van der Waals surface area (Å²) >= 11 is 0. The normalized spacial score (nSPS) is 20.6. The molecule has 1 saturated heterocycles. The molecule has 1 unspecified atom stereocenters. The number of nitrogens with zero attached hydrogens (tertiary/aromatic N) is 1. The first-order valence-corrected chi connectivity index (χ1v) is 10.0. The second-order valence-electron chi connectivity index (χ2n) is 7.35. The van der Waals surface area contributed by atoms with E-state index >= 15 is 0 Å². The zero-order valence-electron chi connectivity index (χ0n) is 14.5. The summed E-state index contributed by atoms with van der Waals surface area (Å²) in [4.78, 5) is 2.31. The smallest absolute Gasteiger partial charge is 0.156 e. The molecule has 0 bridgehead atoms. The second-order valence-corrected chi connectivity index (χ2v) is 10.2. The number of nitrogens with one attached hydrogen (secondary N) is 1. The van der Waals surface area contributed by atoms with Crippen molar-refractivity contribution < 1.29 is 8.42 Å². The van der Waals surface area contributed by atoms with Crippen molar-refractivity contribution in [1.29, 1.82) is 0 Å². The Bertz CT molecular complexity index is 393. The summed E-state index contributed by atoms with van der Waals surface area (Å²) in [6.07, 6.45) is 3.52. The molecule has 0 radical (unpaired) electrons. The van der Waals surface area contributed by atoms with Crippen LogP contribution in [0.2, 0.25) is 0 Å². The van der Waals surface area contributed by atoms with Gasteiger partial charge in [-0.3, -0.25) is 0 Å². The number of rotatable bonds is 7. The predicted molar refractivity (Wildman–Crippen MR) is 90.5 cm³/mol. The van der Waals surface area contributed by atoms with Crippen molar-refractivity contribution in [2.45, 2.75) is 64.7 Å². The molecule has 0 amide bonds. The Balaban J connectivity index is 2.34. The van der Waals surface area contributed by atoms with Crippen molar-refractivity contribution in [2.75, 3.05) is 31.9 Å². The van der Waals surface area contributed by atoms with Gasteiger partial charge in [-0.1, -0.05) is 6.92 Å². The number of hydrogen-bond acceptors (Lipinski definition) is 4. The minimum atomic E-state index is -2.99. The lowest BCUT2D eigenvalue weighted by atomic mass is 9.90. The fourth-order valence-electron chi connectivity index (χ4n) is 2.77. The Morgan fingerprint density at radius 1 is 1.24 bits per heavy atom. The van der Waals surface area contributed by atoms with Gasteiger partial charge in [0, 0.05) is 12.6 Å². The first-order valence-electron chi connectivity index (χ1n) is 8.35. The van der Waals surface area contributed by atoms with Crippen LogP contribution in [0.3, 0.4) is 0 Å². The van der Waals surface area contributed by atoms with Gasteiger partial charge < -0.3 is 10.2 Å². The Morgan fingerprint density at radius 3 is 2.29 bits per heavy atom. The molecular formula is C16H34N2O2S. The van der Waals surface area contributed by atoms with E-state index in [1.165, 1.54) is 19.3 Å². The van der Waals surface area contributed by atoms with Crippen LogP contribution in [0.5, 0.6) is 0 Å². The molecule has 0 aliphatic carbocycles. The molecule has 1 aliphatic rings. The molecule has 1 rings (SSSR count). The molecule has 0 aromatic heterocycles. The van der Waals surface area contributed by atoms with Crippen molar-refractivity contribution in [3.8, 4) is 0 Å². The van der Waals surface area contributed by atoms with E-state index in [2.05, 4.69) is 24.1 Å². The molecule has 1 N–H and O–H groups in total. The molecule has 1 fully saturated rings. The highest BCUT2D eigenvalue weighted by Gasteiger charge is 2.30. The average molecular weight is 319 g/mol. The number of sulfone groups is 1. The summed E-state index contributed by atoms with van der Waals surface area (Å²) < 4.78 is 23.7. The van der Waals surface area contributed by atoms with Crippen LogP contribution >= 0.6 is 0 Å².